The summed E-state index contributed by atoms with van der Waals surface area (Å²) in [7, 11) is 0. The maximum absolute atomic E-state index is 12.7. The van der Waals surface area contributed by atoms with E-state index in [0.717, 1.165) is 36.1 Å². The molecule has 4 rings (SSSR count). The first-order valence-electron chi connectivity index (χ1n) is 8.77. The predicted molar refractivity (Wildman–Crippen MR) is 93.4 cm³/mol. The third kappa shape index (κ3) is 4.36. The highest BCUT2D eigenvalue weighted by atomic mass is 19.4. The molecule has 1 fully saturated rings. The fourth-order valence-electron chi connectivity index (χ4n) is 2.99. The molecule has 7 heteroatoms. The van der Waals surface area contributed by atoms with E-state index in [-0.39, 0.29) is 0 Å². The van der Waals surface area contributed by atoms with Crippen molar-refractivity contribution >= 4 is 0 Å². The first-order chi connectivity index (χ1) is 13.0. The molecule has 1 aliphatic carbocycles. The predicted octanol–water partition coefficient (Wildman–Crippen LogP) is 4.92. The molecule has 27 heavy (non-hydrogen) atoms. The summed E-state index contributed by atoms with van der Waals surface area (Å²) in [6.07, 6.45) is -2.17. The van der Waals surface area contributed by atoms with Gasteiger partial charge < -0.3 is 4.52 Å². The third-order valence-electron chi connectivity index (χ3n) is 4.56. The topological polar surface area (TPSA) is 42.2 Å². The van der Waals surface area contributed by atoms with E-state index in [4.69, 9.17) is 4.52 Å². The van der Waals surface area contributed by atoms with Gasteiger partial charge in [0.2, 0.25) is 0 Å². The maximum atomic E-state index is 12.7. The highest BCUT2D eigenvalue weighted by Gasteiger charge is 2.32. The van der Waals surface area contributed by atoms with Crippen molar-refractivity contribution in [3.05, 3.63) is 71.5 Å². The fourth-order valence-corrected chi connectivity index (χ4v) is 2.99. The highest BCUT2D eigenvalue weighted by molar-refractivity contribution is 5.51. The fraction of sp³-hybridized carbons (Fsp3) is 0.300. The van der Waals surface area contributed by atoms with E-state index in [1.807, 2.05) is 30.3 Å². The van der Waals surface area contributed by atoms with Gasteiger partial charge in [0.25, 0.3) is 5.89 Å². The average Bonchev–Trinajstić information content (AvgIpc) is 3.41. The van der Waals surface area contributed by atoms with Crippen LogP contribution in [0.4, 0.5) is 13.2 Å². The number of hydrogen-bond donors (Lipinski definition) is 0. The molecule has 0 radical (unpaired) electrons. The van der Waals surface area contributed by atoms with E-state index in [1.165, 1.54) is 12.1 Å². The van der Waals surface area contributed by atoms with E-state index in [9.17, 15) is 13.2 Å². The van der Waals surface area contributed by atoms with Gasteiger partial charge in [0.1, 0.15) is 0 Å². The van der Waals surface area contributed by atoms with Crippen LogP contribution in [-0.2, 0) is 19.3 Å². The zero-order valence-electron chi connectivity index (χ0n) is 14.5. The molecule has 0 aliphatic heterocycles. The Morgan fingerprint density at radius 2 is 1.67 bits per heavy atom. The summed E-state index contributed by atoms with van der Waals surface area (Å²) in [6.45, 7) is 1.06. The second-order valence-electron chi connectivity index (χ2n) is 6.71. The van der Waals surface area contributed by atoms with Crippen LogP contribution in [0.5, 0.6) is 0 Å². The van der Waals surface area contributed by atoms with Crippen LogP contribution in [0, 0.1) is 0 Å². The minimum absolute atomic E-state index is 0.408. The lowest BCUT2D eigenvalue weighted by Crippen LogP contribution is -2.25. The molecule has 0 amide bonds. The first kappa shape index (κ1) is 17.7. The number of rotatable bonds is 6. The number of benzene rings is 2. The van der Waals surface area contributed by atoms with Crippen molar-refractivity contribution in [1.29, 1.82) is 0 Å². The Morgan fingerprint density at radius 1 is 0.963 bits per heavy atom. The zero-order chi connectivity index (χ0) is 18.9. The number of halogens is 3. The van der Waals surface area contributed by atoms with Gasteiger partial charge in [0.15, 0.2) is 5.82 Å². The van der Waals surface area contributed by atoms with Crippen LogP contribution < -0.4 is 0 Å². The molecular formula is C20H18F3N3O. The van der Waals surface area contributed by atoms with E-state index in [0.29, 0.717) is 30.8 Å². The SMILES string of the molecule is FC(F)(F)c1ccc(CN(Cc2noc(-c3ccccc3)n2)C2CC2)cc1. The Labute approximate surface area is 154 Å². The molecule has 0 saturated heterocycles. The Bertz CT molecular complexity index is 887. The summed E-state index contributed by atoms with van der Waals surface area (Å²) in [6, 6.07) is 15.3. The number of alkyl halides is 3. The van der Waals surface area contributed by atoms with Crippen LogP contribution >= 0.6 is 0 Å². The molecule has 2 aromatic carbocycles. The van der Waals surface area contributed by atoms with E-state index in [1.54, 1.807) is 0 Å². The minimum atomic E-state index is -4.31. The maximum Gasteiger partial charge on any atom is 0.416 e. The number of aromatic nitrogens is 2. The first-order valence-corrected chi connectivity index (χ1v) is 8.77. The normalized spacial score (nSPS) is 14.7. The molecule has 1 aliphatic rings. The minimum Gasteiger partial charge on any atom is -0.334 e. The van der Waals surface area contributed by atoms with Gasteiger partial charge in [-0.05, 0) is 42.7 Å². The van der Waals surface area contributed by atoms with Crippen LogP contribution in [0.3, 0.4) is 0 Å². The van der Waals surface area contributed by atoms with Gasteiger partial charge in [-0.25, -0.2) is 0 Å². The summed E-state index contributed by atoms with van der Waals surface area (Å²) < 4.78 is 43.5. The van der Waals surface area contributed by atoms with Gasteiger partial charge in [0.05, 0.1) is 12.1 Å². The lowest BCUT2D eigenvalue weighted by atomic mass is 10.1. The van der Waals surface area contributed by atoms with E-state index >= 15 is 0 Å². The third-order valence-corrected chi connectivity index (χ3v) is 4.56. The summed E-state index contributed by atoms with van der Waals surface area (Å²) in [5.74, 6) is 1.04. The highest BCUT2D eigenvalue weighted by Crippen LogP contribution is 2.32. The van der Waals surface area contributed by atoms with Gasteiger partial charge >= 0.3 is 6.18 Å². The van der Waals surface area contributed by atoms with Crippen LogP contribution in [-0.4, -0.2) is 21.1 Å². The van der Waals surface area contributed by atoms with Crippen LogP contribution in [0.1, 0.15) is 29.8 Å². The van der Waals surface area contributed by atoms with Crippen LogP contribution in [0.25, 0.3) is 11.5 Å². The van der Waals surface area contributed by atoms with E-state index in [2.05, 4.69) is 15.0 Å². The van der Waals surface area contributed by atoms with Crippen molar-refractivity contribution < 1.29 is 17.7 Å². The summed E-state index contributed by atoms with van der Waals surface area (Å²) in [4.78, 5) is 6.63. The number of hydrogen-bond acceptors (Lipinski definition) is 4. The van der Waals surface area contributed by atoms with Crippen molar-refractivity contribution in [1.82, 2.24) is 15.0 Å². The van der Waals surface area contributed by atoms with Crippen molar-refractivity contribution in [3.8, 4) is 11.5 Å². The summed E-state index contributed by atoms with van der Waals surface area (Å²) in [5, 5.41) is 4.05. The average molecular weight is 373 g/mol. The molecule has 4 nitrogen and oxygen atoms in total. The molecule has 1 saturated carbocycles. The monoisotopic (exact) mass is 373 g/mol. The molecule has 1 aromatic heterocycles. The second-order valence-corrected chi connectivity index (χ2v) is 6.71. The van der Waals surface area contributed by atoms with Gasteiger partial charge in [0, 0.05) is 18.2 Å². The molecule has 0 N–H and O–H groups in total. The second kappa shape index (κ2) is 7.15. The van der Waals surface area contributed by atoms with Gasteiger partial charge in [-0.1, -0.05) is 35.5 Å². The molecule has 140 valence electrons. The molecular weight excluding hydrogens is 355 g/mol. The summed E-state index contributed by atoms with van der Waals surface area (Å²) in [5.41, 5.74) is 1.06. The van der Waals surface area contributed by atoms with Crippen molar-refractivity contribution in [2.24, 2.45) is 0 Å². The van der Waals surface area contributed by atoms with Crippen LogP contribution in [0.15, 0.2) is 59.1 Å². The standard InChI is InChI=1S/C20H18F3N3O/c21-20(22,23)16-8-6-14(7-9-16)12-26(17-10-11-17)13-18-24-19(27-25-18)15-4-2-1-3-5-15/h1-9,17H,10-13H2. The largest absolute Gasteiger partial charge is 0.416 e. The van der Waals surface area contributed by atoms with Gasteiger partial charge in [-0.3, -0.25) is 4.90 Å². The van der Waals surface area contributed by atoms with Gasteiger partial charge in [-0.2, -0.15) is 18.2 Å². The van der Waals surface area contributed by atoms with Crippen molar-refractivity contribution in [3.63, 3.8) is 0 Å². The molecule has 1 heterocycles. The Balaban J connectivity index is 1.45. The smallest absolute Gasteiger partial charge is 0.334 e. The van der Waals surface area contributed by atoms with Crippen molar-refractivity contribution in [2.45, 2.75) is 38.1 Å². The van der Waals surface area contributed by atoms with E-state index < -0.39 is 11.7 Å². The quantitative estimate of drug-likeness (QED) is 0.615. The lowest BCUT2D eigenvalue weighted by molar-refractivity contribution is -0.137. The Morgan fingerprint density at radius 3 is 2.30 bits per heavy atom. The molecule has 0 atom stereocenters. The molecule has 0 unspecified atom stereocenters. The molecule has 0 bridgehead atoms. The van der Waals surface area contributed by atoms with Crippen molar-refractivity contribution in [2.75, 3.05) is 0 Å². The Kier molecular flexibility index (Phi) is 4.70. The van der Waals surface area contributed by atoms with Crippen LogP contribution in [0.2, 0.25) is 0 Å². The van der Waals surface area contributed by atoms with Gasteiger partial charge in [-0.15, -0.1) is 0 Å². The molecule has 0 spiro atoms. The zero-order valence-corrected chi connectivity index (χ0v) is 14.5. The Hall–Kier alpha value is -2.67. The number of nitrogens with zero attached hydrogens (tertiary/aromatic N) is 3. The lowest BCUT2D eigenvalue weighted by Gasteiger charge is -2.20. The summed E-state index contributed by atoms with van der Waals surface area (Å²) >= 11 is 0. The molecule has 3 aromatic rings.